The zero-order chi connectivity index (χ0) is 25.7. The van der Waals surface area contributed by atoms with Gasteiger partial charge < -0.3 is 51.2 Å². The van der Waals surface area contributed by atoms with E-state index < -0.39 is 85.2 Å². The smallest absolute Gasteiger partial charge is 0.326 e. The number of aliphatic carboxylic acids is 1. The highest BCUT2D eigenvalue weighted by atomic mass is 16.7. The normalized spacial score (nSPS) is 31.9. The van der Waals surface area contributed by atoms with Gasteiger partial charge in [0, 0.05) is 13.5 Å². The van der Waals surface area contributed by atoms with E-state index in [2.05, 4.69) is 10.6 Å². The van der Waals surface area contributed by atoms with Crippen LogP contribution in [0.4, 0.5) is 0 Å². The number of hydrogen-bond acceptors (Lipinski definition) is 10. The SMILES string of the molecule is CC(=O)N[C@H]1[C@@H](O[C@H](C)[C@H](NC(=O)[C@H](C)N)C(=O)N2CCC[C@H]2C(=O)O)O[C@H](CO)[C@H](O)[C@@H]1O. The summed E-state index contributed by atoms with van der Waals surface area (Å²) in [5.41, 5.74) is 5.61. The minimum Gasteiger partial charge on any atom is -0.480 e. The van der Waals surface area contributed by atoms with Crippen molar-refractivity contribution in [2.75, 3.05) is 13.2 Å². The molecule has 2 rings (SSSR count). The van der Waals surface area contributed by atoms with Gasteiger partial charge in [-0.2, -0.15) is 0 Å². The molecule has 0 spiro atoms. The number of amides is 3. The van der Waals surface area contributed by atoms with E-state index in [9.17, 15) is 39.6 Å². The summed E-state index contributed by atoms with van der Waals surface area (Å²) in [7, 11) is 0. The number of aliphatic hydroxyl groups excluding tert-OH is 3. The maximum atomic E-state index is 13.3. The Balaban J connectivity index is 2.30. The Hall–Kier alpha value is -2.36. The van der Waals surface area contributed by atoms with Gasteiger partial charge in [0.2, 0.25) is 17.7 Å². The second kappa shape index (κ2) is 11.9. The summed E-state index contributed by atoms with van der Waals surface area (Å²) in [6, 6.07) is -4.69. The van der Waals surface area contributed by atoms with E-state index in [0.717, 1.165) is 4.90 Å². The molecule has 9 atom stereocenters. The summed E-state index contributed by atoms with van der Waals surface area (Å²) in [6.45, 7) is 3.48. The minimum atomic E-state index is -1.57. The summed E-state index contributed by atoms with van der Waals surface area (Å²) in [5.74, 6) is -3.15. The average molecular weight is 491 g/mol. The molecule has 14 nitrogen and oxygen atoms in total. The average Bonchev–Trinajstić information content (AvgIpc) is 3.26. The summed E-state index contributed by atoms with van der Waals surface area (Å²) in [4.78, 5) is 49.9. The van der Waals surface area contributed by atoms with Crippen LogP contribution in [0.3, 0.4) is 0 Å². The molecule has 14 heteroatoms. The summed E-state index contributed by atoms with van der Waals surface area (Å²) in [5, 5.41) is 44.4. The van der Waals surface area contributed by atoms with Crippen LogP contribution in [-0.2, 0) is 28.7 Å². The molecule has 0 saturated carbocycles. The molecule has 0 unspecified atom stereocenters. The molecule has 0 aliphatic carbocycles. The number of likely N-dealkylation sites (tertiary alicyclic amines) is 1. The van der Waals surface area contributed by atoms with Gasteiger partial charge >= 0.3 is 5.97 Å². The van der Waals surface area contributed by atoms with Crippen LogP contribution in [-0.4, -0.2) is 117 Å². The fourth-order valence-electron chi connectivity index (χ4n) is 4.01. The molecule has 2 aliphatic heterocycles. The van der Waals surface area contributed by atoms with Crippen LogP contribution in [0, 0.1) is 0 Å². The first-order valence-electron chi connectivity index (χ1n) is 11.0. The molecular weight excluding hydrogens is 456 g/mol. The lowest BCUT2D eigenvalue weighted by molar-refractivity contribution is -0.281. The maximum Gasteiger partial charge on any atom is 0.326 e. The quantitative estimate of drug-likeness (QED) is 0.166. The van der Waals surface area contributed by atoms with Gasteiger partial charge in [-0.15, -0.1) is 0 Å². The van der Waals surface area contributed by atoms with Crippen LogP contribution in [0.25, 0.3) is 0 Å². The topological polar surface area (TPSA) is 221 Å². The number of carbonyl (C=O) groups is 4. The summed E-state index contributed by atoms with van der Waals surface area (Å²) in [6.07, 6.45) is -6.23. The van der Waals surface area contributed by atoms with Crippen LogP contribution in [0.2, 0.25) is 0 Å². The fraction of sp³-hybridized carbons (Fsp3) is 0.800. The molecule has 8 N–H and O–H groups in total. The van der Waals surface area contributed by atoms with E-state index in [1.54, 1.807) is 0 Å². The summed E-state index contributed by atoms with van der Waals surface area (Å²) < 4.78 is 11.3. The molecule has 194 valence electrons. The Bertz CT molecular complexity index is 766. The third-order valence-corrected chi connectivity index (χ3v) is 5.87. The fourth-order valence-corrected chi connectivity index (χ4v) is 4.01. The third kappa shape index (κ3) is 6.40. The molecule has 0 aromatic rings. The Morgan fingerprint density at radius 2 is 1.85 bits per heavy atom. The minimum absolute atomic E-state index is 0.166. The van der Waals surface area contributed by atoms with Crippen LogP contribution in [0.1, 0.15) is 33.6 Å². The predicted molar refractivity (Wildman–Crippen MR) is 114 cm³/mol. The molecule has 2 heterocycles. The zero-order valence-corrected chi connectivity index (χ0v) is 19.3. The van der Waals surface area contributed by atoms with Crippen LogP contribution in [0.5, 0.6) is 0 Å². The lowest BCUT2D eigenvalue weighted by Crippen LogP contribution is -2.66. The van der Waals surface area contributed by atoms with Crippen molar-refractivity contribution in [3.8, 4) is 0 Å². The molecule has 0 radical (unpaired) electrons. The van der Waals surface area contributed by atoms with Gasteiger partial charge in [0.25, 0.3) is 0 Å². The number of hydrogen-bond donors (Lipinski definition) is 7. The molecule has 3 amide bonds. The molecule has 2 aliphatic rings. The van der Waals surface area contributed by atoms with Crippen molar-refractivity contribution in [1.29, 1.82) is 0 Å². The highest BCUT2D eigenvalue weighted by Gasteiger charge is 2.47. The number of nitrogens with zero attached hydrogens (tertiary/aromatic N) is 1. The Kier molecular flexibility index (Phi) is 9.73. The molecule has 34 heavy (non-hydrogen) atoms. The van der Waals surface area contributed by atoms with Crippen molar-refractivity contribution in [2.45, 2.75) is 88.5 Å². The van der Waals surface area contributed by atoms with Gasteiger partial charge in [0.1, 0.15) is 36.4 Å². The van der Waals surface area contributed by atoms with Crippen molar-refractivity contribution in [1.82, 2.24) is 15.5 Å². The standard InChI is InChI=1S/C20H34N4O10/c1-8(21)17(29)23-13(18(30)24-6-4-5-11(24)19(31)32)9(2)33-20-14(22-10(3)26)16(28)15(27)12(7-25)34-20/h8-9,11-16,20,25,27-28H,4-7,21H2,1-3H3,(H,22,26)(H,23,29)(H,31,32)/t8-,9+,11-,12+,13-,14+,15-,16+,20-/m0/s1. The lowest BCUT2D eigenvalue weighted by atomic mass is 9.96. The highest BCUT2D eigenvalue weighted by Crippen LogP contribution is 2.25. The summed E-state index contributed by atoms with van der Waals surface area (Å²) >= 11 is 0. The van der Waals surface area contributed by atoms with E-state index >= 15 is 0 Å². The molecular formula is C20H34N4O10. The first kappa shape index (κ1) is 27.9. The van der Waals surface area contributed by atoms with E-state index in [4.69, 9.17) is 15.2 Å². The number of rotatable bonds is 9. The molecule has 0 aromatic carbocycles. The first-order valence-corrected chi connectivity index (χ1v) is 11.0. The zero-order valence-electron chi connectivity index (χ0n) is 19.3. The van der Waals surface area contributed by atoms with Crippen LogP contribution < -0.4 is 16.4 Å². The highest BCUT2D eigenvalue weighted by molar-refractivity contribution is 5.92. The van der Waals surface area contributed by atoms with Gasteiger partial charge in [-0.1, -0.05) is 0 Å². The monoisotopic (exact) mass is 490 g/mol. The van der Waals surface area contributed by atoms with Crippen molar-refractivity contribution >= 4 is 23.7 Å². The number of nitrogens with one attached hydrogen (secondary N) is 2. The molecule has 2 saturated heterocycles. The van der Waals surface area contributed by atoms with Gasteiger partial charge in [-0.3, -0.25) is 14.4 Å². The number of ether oxygens (including phenoxy) is 2. The van der Waals surface area contributed by atoms with Crippen molar-refractivity contribution in [2.24, 2.45) is 5.73 Å². The lowest BCUT2D eigenvalue weighted by Gasteiger charge is -2.43. The van der Waals surface area contributed by atoms with Gasteiger partial charge in [-0.05, 0) is 26.7 Å². The molecule has 2 fully saturated rings. The number of nitrogens with two attached hydrogens (primary N) is 1. The van der Waals surface area contributed by atoms with E-state index in [-0.39, 0.29) is 13.0 Å². The maximum absolute atomic E-state index is 13.3. The third-order valence-electron chi connectivity index (χ3n) is 5.87. The largest absolute Gasteiger partial charge is 0.480 e. The van der Waals surface area contributed by atoms with Crippen molar-refractivity contribution < 1.29 is 49.1 Å². The number of carboxylic acids is 1. The van der Waals surface area contributed by atoms with Crippen LogP contribution >= 0.6 is 0 Å². The Labute approximate surface area is 196 Å². The van der Waals surface area contributed by atoms with Crippen molar-refractivity contribution in [3.63, 3.8) is 0 Å². The number of carbonyl (C=O) groups excluding carboxylic acids is 3. The van der Waals surface area contributed by atoms with Gasteiger partial charge in [0.05, 0.1) is 18.8 Å². The second-order valence-electron chi connectivity index (χ2n) is 8.58. The van der Waals surface area contributed by atoms with E-state index in [1.165, 1.54) is 20.8 Å². The van der Waals surface area contributed by atoms with E-state index in [1.807, 2.05) is 0 Å². The predicted octanol–water partition coefficient (Wildman–Crippen LogP) is -3.76. The first-order chi connectivity index (χ1) is 15.9. The van der Waals surface area contributed by atoms with E-state index in [0.29, 0.717) is 6.42 Å². The van der Waals surface area contributed by atoms with Crippen LogP contribution in [0.15, 0.2) is 0 Å². The number of aliphatic hydroxyl groups is 3. The number of carboxylic acid groups (broad SMARTS) is 1. The molecule has 0 aromatic heterocycles. The Morgan fingerprint density at radius 3 is 2.38 bits per heavy atom. The molecule has 0 bridgehead atoms. The Morgan fingerprint density at radius 1 is 1.21 bits per heavy atom. The van der Waals surface area contributed by atoms with Gasteiger partial charge in [-0.25, -0.2) is 4.79 Å². The van der Waals surface area contributed by atoms with Crippen molar-refractivity contribution in [3.05, 3.63) is 0 Å². The second-order valence-corrected chi connectivity index (χ2v) is 8.58. The van der Waals surface area contributed by atoms with Gasteiger partial charge in [0.15, 0.2) is 6.29 Å².